The SMILES string of the molecule is Cc1c(NCc2ccccc2F)cccc1C(N)=O. The molecule has 2 rings (SSSR count). The fourth-order valence-electron chi connectivity index (χ4n) is 1.93. The van der Waals surface area contributed by atoms with Gasteiger partial charge in [-0.25, -0.2) is 4.39 Å². The van der Waals surface area contributed by atoms with Gasteiger partial charge in [-0.1, -0.05) is 24.3 Å². The topological polar surface area (TPSA) is 55.1 Å². The molecular formula is C15H15FN2O. The Morgan fingerprint density at radius 3 is 2.63 bits per heavy atom. The van der Waals surface area contributed by atoms with Crippen molar-refractivity contribution in [1.29, 1.82) is 0 Å². The van der Waals surface area contributed by atoms with Crippen molar-refractivity contribution in [3.63, 3.8) is 0 Å². The van der Waals surface area contributed by atoms with Gasteiger partial charge in [0.25, 0.3) is 0 Å². The van der Waals surface area contributed by atoms with E-state index in [4.69, 9.17) is 5.73 Å². The number of carbonyl (C=O) groups is 1. The van der Waals surface area contributed by atoms with Crippen molar-refractivity contribution in [2.45, 2.75) is 13.5 Å². The van der Waals surface area contributed by atoms with E-state index in [1.807, 2.05) is 13.0 Å². The van der Waals surface area contributed by atoms with Gasteiger partial charge in [0.05, 0.1) is 0 Å². The number of nitrogens with one attached hydrogen (secondary N) is 1. The molecule has 0 spiro atoms. The molecule has 3 nitrogen and oxygen atoms in total. The monoisotopic (exact) mass is 258 g/mol. The summed E-state index contributed by atoms with van der Waals surface area (Å²) in [6.07, 6.45) is 0. The molecule has 0 heterocycles. The summed E-state index contributed by atoms with van der Waals surface area (Å²) in [5, 5.41) is 3.12. The lowest BCUT2D eigenvalue weighted by atomic mass is 10.1. The molecule has 3 N–H and O–H groups in total. The number of benzene rings is 2. The van der Waals surface area contributed by atoms with Crippen LogP contribution in [-0.4, -0.2) is 5.91 Å². The Kier molecular flexibility index (Phi) is 3.80. The Morgan fingerprint density at radius 2 is 1.95 bits per heavy atom. The maximum Gasteiger partial charge on any atom is 0.249 e. The van der Waals surface area contributed by atoms with Gasteiger partial charge in [0.15, 0.2) is 0 Å². The average Bonchev–Trinajstić information content (AvgIpc) is 2.39. The summed E-state index contributed by atoms with van der Waals surface area (Å²) in [5.74, 6) is -0.717. The number of primary amides is 1. The van der Waals surface area contributed by atoms with E-state index in [2.05, 4.69) is 5.32 Å². The predicted octanol–water partition coefficient (Wildman–Crippen LogP) is 2.85. The molecule has 0 aliphatic carbocycles. The summed E-state index contributed by atoms with van der Waals surface area (Å²) in [7, 11) is 0. The Hall–Kier alpha value is -2.36. The van der Waals surface area contributed by atoms with Crippen LogP contribution in [0.15, 0.2) is 42.5 Å². The first-order valence-electron chi connectivity index (χ1n) is 5.96. The molecule has 0 aromatic heterocycles. The summed E-state index contributed by atoms with van der Waals surface area (Å²) in [4.78, 5) is 11.2. The van der Waals surface area contributed by atoms with Gasteiger partial charge >= 0.3 is 0 Å². The van der Waals surface area contributed by atoms with Crippen LogP contribution in [0.3, 0.4) is 0 Å². The molecule has 2 aromatic carbocycles. The van der Waals surface area contributed by atoms with Gasteiger partial charge in [-0.05, 0) is 30.7 Å². The lowest BCUT2D eigenvalue weighted by Crippen LogP contribution is -2.14. The van der Waals surface area contributed by atoms with Crippen molar-refractivity contribution in [2.75, 3.05) is 5.32 Å². The highest BCUT2D eigenvalue weighted by atomic mass is 19.1. The minimum atomic E-state index is -0.466. The lowest BCUT2D eigenvalue weighted by Gasteiger charge is -2.12. The van der Waals surface area contributed by atoms with Gasteiger partial charge in [0, 0.05) is 23.4 Å². The highest BCUT2D eigenvalue weighted by molar-refractivity contribution is 5.95. The number of halogens is 1. The molecular weight excluding hydrogens is 243 g/mol. The number of nitrogens with two attached hydrogens (primary N) is 1. The second-order valence-corrected chi connectivity index (χ2v) is 4.29. The van der Waals surface area contributed by atoms with Crippen LogP contribution in [0.4, 0.5) is 10.1 Å². The number of amides is 1. The molecule has 0 atom stereocenters. The zero-order valence-electron chi connectivity index (χ0n) is 10.6. The Balaban J connectivity index is 2.19. The summed E-state index contributed by atoms with van der Waals surface area (Å²) in [5.41, 5.74) is 7.88. The smallest absolute Gasteiger partial charge is 0.249 e. The summed E-state index contributed by atoms with van der Waals surface area (Å²) < 4.78 is 13.5. The molecule has 1 amide bonds. The fraction of sp³-hybridized carbons (Fsp3) is 0.133. The standard InChI is InChI=1S/C15H15FN2O/c1-10-12(15(17)19)6-4-8-14(10)18-9-11-5-2-3-7-13(11)16/h2-8,18H,9H2,1H3,(H2,17,19). The number of carbonyl (C=O) groups excluding carboxylic acids is 1. The zero-order valence-corrected chi connectivity index (χ0v) is 10.6. The zero-order chi connectivity index (χ0) is 13.8. The van der Waals surface area contributed by atoms with Crippen molar-refractivity contribution >= 4 is 11.6 Å². The van der Waals surface area contributed by atoms with E-state index in [0.29, 0.717) is 17.7 Å². The first-order chi connectivity index (χ1) is 9.09. The molecule has 0 aliphatic heterocycles. The molecule has 0 aliphatic rings. The van der Waals surface area contributed by atoms with Crippen LogP contribution in [0.5, 0.6) is 0 Å². The molecule has 0 fully saturated rings. The van der Waals surface area contributed by atoms with Crippen LogP contribution in [0, 0.1) is 12.7 Å². The Morgan fingerprint density at radius 1 is 1.21 bits per heavy atom. The molecule has 2 aromatic rings. The molecule has 98 valence electrons. The quantitative estimate of drug-likeness (QED) is 0.886. The van der Waals surface area contributed by atoms with Crippen LogP contribution < -0.4 is 11.1 Å². The van der Waals surface area contributed by atoms with Gasteiger partial charge in [0.1, 0.15) is 5.82 Å². The van der Waals surface area contributed by atoms with Gasteiger partial charge < -0.3 is 11.1 Å². The number of anilines is 1. The van der Waals surface area contributed by atoms with Crippen molar-refractivity contribution in [3.8, 4) is 0 Å². The van der Waals surface area contributed by atoms with Crippen molar-refractivity contribution in [2.24, 2.45) is 5.73 Å². The first-order valence-corrected chi connectivity index (χ1v) is 5.96. The normalized spacial score (nSPS) is 10.2. The highest BCUT2D eigenvalue weighted by Crippen LogP contribution is 2.19. The van der Waals surface area contributed by atoms with Gasteiger partial charge in [0.2, 0.25) is 5.91 Å². The van der Waals surface area contributed by atoms with E-state index in [1.54, 1.807) is 30.3 Å². The maximum absolute atomic E-state index is 13.5. The Labute approximate surface area is 111 Å². The van der Waals surface area contributed by atoms with Gasteiger partial charge in [-0.15, -0.1) is 0 Å². The molecule has 19 heavy (non-hydrogen) atoms. The highest BCUT2D eigenvalue weighted by Gasteiger charge is 2.08. The summed E-state index contributed by atoms with van der Waals surface area (Å²) in [6, 6.07) is 11.8. The van der Waals surface area contributed by atoms with Gasteiger partial charge in [-0.3, -0.25) is 4.79 Å². The number of rotatable bonds is 4. The third kappa shape index (κ3) is 2.91. The molecule has 0 unspecified atom stereocenters. The lowest BCUT2D eigenvalue weighted by molar-refractivity contribution is 0.1000. The molecule has 0 radical (unpaired) electrons. The van der Waals surface area contributed by atoms with Crippen LogP contribution in [-0.2, 0) is 6.54 Å². The largest absolute Gasteiger partial charge is 0.381 e. The molecule has 4 heteroatoms. The minimum Gasteiger partial charge on any atom is -0.381 e. The maximum atomic E-state index is 13.5. The summed E-state index contributed by atoms with van der Waals surface area (Å²) in [6.45, 7) is 2.17. The Bertz CT molecular complexity index is 611. The van der Waals surface area contributed by atoms with E-state index in [-0.39, 0.29) is 5.82 Å². The van der Waals surface area contributed by atoms with Crippen molar-refractivity contribution in [3.05, 3.63) is 65.0 Å². The fourth-order valence-corrected chi connectivity index (χ4v) is 1.93. The van der Waals surface area contributed by atoms with E-state index in [1.165, 1.54) is 6.07 Å². The van der Waals surface area contributed by atoms with Crippen LogP contribution in [0.1, 0.15) is 21.5 Å². The van der Waals surface area contributed by atoms with Crippen molar-refractivity contribution < 1.29 is 9.18 Å². The average molecular weight is 258 g/mol. The number of hydrogen-bond acceptors (Lipinski definition) is 2. The second kappa shape index (κ2) is 5.52. The second-order valence-electron chi connectivity index (χ2n) is 4.29. The first kappa shape index (κ1) is 13.1. The van der Waals surface area contributed by atoms with Crippen LogP contribution >= 0.6 is 0 Å². The van der Waals surface area contributed by atoms with E-state index < -0.39 is 5.91 Å². The molecule has 0 bridgehead atoms. The van der Waals surface area contributed by atoms with Crippen LogP contribution in [0.2, 0.25) is 0 Å². The third-order valence-electron chi connectivity index (χ3n) is 3.03. The van der Waals surface area contributed by atoms with Crippen LogP contribution in [0.25, 0.3) is 0 Å². The number of hydrogen-bond donors (Lipinski definition) is 2. The van der Waals surface area contributed by atoms with E-state index in [9.17, 15) is 9.18 Å². The van der Waals surface area contributed by atoms with Crippen molar-refractivity contribution in [1.82, 2.24) is 0 Å². The molecule has 0 saturated carbocycles. The third-order valence-corrected chi connectivity index (χ3v) is 3.03. The summed E-state index contributed by atoms with van der Waals surface area (Å²) >= 11 is 0. The molecule has 0 saturated heterocycles. The predicted molar refractivity (Wildman–Crippen MR) is 73.4 cm³/mol. The van der Waals surface area contributed by atoms with E-state index in [0.717, 1.165) is 11.3 Å². The minimum absolute atomic E-state index is 0.251. The van der Waals surface area contributed by atoms with Gasteiger partial charge in [-0.2, -0.15) is 0 Å². The van der Waals surface area contributed by atoms with E-state index >= 15 is 0 Å².